The molecule has 0 heterocycles. The van der Waals surface area contributed by atoms with Crippen molar-refractivity contribution in [2.75, 3.05) is 13.7 Å². The van der Waals surface area contributed by atoms with Crippen LogP contribution >= 0.6 is 0 Å². The first kappa shape index (κ1) is 20.8. The van der Waals surface area contributed by atoms with E-state index in [0.29, 0.717) is 0 Å². The highest BCUT2D eigenvalue weighted by Gasteiger charge is 2.19. The molecule has 0 spiro atoms. The van der Waals surface area contributed by atoms with Gasteiger partial charge in [0.1, 0.15) is 0 Å². The van der Waals surface area contributed by atoms with E-state index in [1.165, 1.54) is 25.2 Å². The highest BCUT2D eigenvalue weighted by Crippen LogP contribution is 2.17. The molecule has 3 N–H and O–H groups in total. The summed E-state index contributed by atoms with van der Waals surface area (Å²) in [4.78, 5) is 35.4. The number of amides is 3. The van der Waals surface area contributed by atoms with Gasteiger partial charge in [-0.3, -0.25) is 10.1 Å². The van der Waals surface area contributed by atoms with Crippen LogP contribution in [0.15, 0.2) is 29.2 Å². The zero-order chi connectivity index (χ0) is 19.9. The molecule has 1 saturated carbocycles. The van der Waals surface area contributed by atoms with E-state index >= 15 is 0 Å². The normalized spacial score (nSPS) is 15.0. The summed E-state index contributed by atoms with van der Waals surface area (Å²) in [5.41, 5.74) is -0.0224. The topological polar surface area (TPSA) is 131 Å². The van der Waals surface area contributed by atoms with Crippen LogP contribution in [0.5, 0.6) is 0 Å². The number of benzene rings is 1. The van der Waals surface area contributed by atoms with Gasteiger partial charge < -0.3 is 10.1 Å². The standard InChI is InChI=1S/C17H23N3O6S/c1-18-27(24,25)14-9-5-6-12(10-14)16(22)26-11-15(21)20-17(23)19-13-7-3-2-4-8-13/h5-6,9-10,13,18H,2-4,7-8,11H2,1H3,(H2,19,20,21,23). The molecule has 0 radical (unpaired) electrons. The number of hydrogen-bond donors (Lipinski definition) is 3. The summed E-state index contributed by atoms with van der Waals surface area (Å²) in [6, 6.07) is 4.65. The molecule has 27 heavy (non-hydrogen) atoms. The molecular formula is C17H23N3O6S. The van der Waals surface area contributed by atoms with Crippen molar-refractivity contribution in [3.8, 4) is 0 Å². The molecule has 1 aliphatic rings. The average Bonchev–Trinajstić information content (AvgIpc) is 2.66. The number of hydrogen-bond acceptors (Lipinski definition) is 6. The minimum atomic E-state index is -3.71. The van der Waals surface area contributed by atoms with Crippen molar-refractivity contribution in [3.63, 3.8) is 0 Å². The maximum Gasteiger partial charge on any atom is 0.338 e. The number of rotatable bonds is 6. The first-order chi connectivity index (χ1) is 12.8. The van der Waals surface area contributed by atoms with Crippen LogP contribution in [0.1, 0.15) is 42.5 Å². The number of esters is 1. The fraction of sp³-hybridized carbons (Fsp3) is 0.471. The minimum absolute atomic E-state index is 0.0224. The van der Waals surface area contributed by atoms with Gasteiger partial charge in [0.25, 0.3) is 5.91 Å². The lowest BCUT2D eigenvalue weighted by molar-refractivity contribution is -0.123. The summed E-state index contributed by atoms with van der Waals surface area (Å²) in [5.74, 6) is -1.64. The second-order valence-electron chi connectivity index (χ2n) is 6.17. The summed E-state index contributed by atoms with van der Waals surface area (Å²) in [6.45, 7) is -0.653. The van der Waals surface area contributed by atoms with Crippen LogP contribution in [0.25, 0.3) is 0 Å². The molecule has 3 amide bonds. The Kier molecular flexibility index (Phi) is 7.31. The molecule has 10 heteroatoms. The molecule has 1 aromatic carbocycles. The highest BCUT2D eigenvalue weighted by molar-refractivity contribution is 7.89. The predicted octanol–water partition coefficient (Wildman–Crippen LogP) is 0.910. The van der Waals surface area contributed by atoms with Crippen LogP contribution in [0.2, 0.25) is 0 Å². The lowest BCUT2D eigenvalue weighted by atomic mass is 9.96. The fourth-order valence-corrected chi connectivity index (χ4v) is 3.53. The van der Waals surface area contributed by atoms with Gasteiger partial charge in [0.2, 0.25) is 10.0 Å². The quantitative estimate of drug-likeness (QED) is 0.612. The van der Waals surface area contributed by atoms with Crippen LogP contribution in [0.3, 0.4) is 0 Å². The fourth-order valence-electron chi connectivity index (χ4n) is 2.75. The Morgan fingerprint density at radius 2 is 1.85 bits per heavy atom. The van der Waals surface area contributed by atoms with Crippen molar-refractivity contribution in [2.45, 2.75) is 43.0 Å². The van der Waals surface area contributed by atoms with E-state index < -0.39 is 34.5 Å². The van der Waals surface area contributed by atoms with Gasteiger partial charge in [-0.05, 0) is 38.1 Å². The van der Waals surface area contributed by atoms with Gasteiger partial charge in [0.15, 0.2) is 6.61 Å². The van der Waals surface area contributed by atoms with Gasteiger partial charge in [-0.15, -0.1) is 0 Å². The minimum Gasteiger partial charge on any atom is -0.452 e. The number of ether oxygens (including phenoxy) is 1. The molecule has 0 bridgehead atoms. The van der Waals surface area contributed by atoms with Crippen LogP contribution in [-0.2, 0) is 19.6 Å². The van der Waals surface area contributed by atoms with Crippen molar-refractivity contribution >= 4 is 27.9 Å². The SMILES string of the molecule is CNS(=O)(=O)c1cccc(C(=O)OCC(=O)NC(=O)NC2CCCCC2)c1. The Morgan fingerprint density at radius 3 is 2.52 bits per heavy atom. The Hall–Kier alpha value is -2.46. The molecule has 1 aromatic rings. The first-order valence-corrected chi connectivity index (χ1v) is 10.1. The first-order valence-electron chi connectivity index (χ1n) is 8.63. The van der Waals surface area contributed by atoms with Crippen molar-refractivity contribution in [2.24, 2.45) is 0 Å². The summed E-state index contributed by atoms with van der Waals surface area (Å²) in [7, 11) is -2.45. The van der Waals surface area contributed by atoms with E-state index in [9.17, 15) is 22.8 Å². The summed E-state index contributed by atoms with van der Waals surface area (Å²) < 4.78 is 30.5. The number of urea groups is 1. The summed E-state index contributed by atoms with van der Waals surface area (Å²) in [5, 5.41) is 4.82. The number of carbonyl (C=O) groups is 3. The molecule has 2 rings (SSSR count). The van der Waals surface area contributed by atoms with E-state index in [-0.39, 0.29) is 16.5 Å². The summed E-state index contributed by atoms with van der Waals surface area (Å²) in [6.07, 6.45) is 4.98. The zero-order valence-corrected chi connectivity index (χ0v) is 15.8. The monoisotopic (exact) mass is 397 g/mol. The third-order valence-corrected chi connectivity index (χ3v) is 5.59. The van der Waals surface area contributed by atoms with Gasteiger partial charge in [-0.25, -0.2) is 22.7 Å². The zero-order valence-electron chi connectivity index (χ0n) is 15.0. The van der Waals surface area contributed by atoms with E-state index in [0.717, 1.165) is 38.2 Å². The highest BCUT2D eigenvalue weighted by atomic mass is 32.2. The Bertz CT molecular complexity index is 803. The molecule has 0 saturated heterocycles. The molecule has 1 fully saturated rings. The number of nitrogens with one attached hydrogen (secondary N) is 3. The second-order valence-corrected chi connectivity index (χ2v) is 8.05. The number of carbonyl (C=O) groups excluding carboxylic acids is 3. The smallest absolute Gasteiger partial charge is 0.338 e. The summed E-state index contributed by atoms with van der Waals surface area (Å²) >= 11 is 0. The maximum absolute atomic E-state index is 12.0. The molecular weight excluding hydrogens is 374 g/mol. The van der Waals surface area contributed by atoms with E-state index in [1.54, 1.807) is 0 Å². The van der Waals surface area contributed by atoms with Crippen molar-refractivity contribution in [3.05, 3.63) is 29.8 Å². The lowest BCUT2D eigenvalue weighted by Crippen LogP contribution is -2.46. The number of sulfonamides is 1. The largest absolute Gasteiger partial charge is 0.452 e. The van der Waals surface area contributed by atoms with Crippen molar-refractivity contribution in [1.29, 1.82) is 0 Å². The Labute approximate surface area is 157 Å². The molecule has 0 aliphatic heterocycles. The van der Waals surface area contributed by atoms with Gasteiger partial charge in [0, 0.05) is 6.04 Å². The lowest BCUT2D eigenvalue weighted by Gasteiger charge is -2.22. The molecule has 1 aliphatic carbocycles. The molecule has 148 valence electrons. The van der Waals surface area contributed by atoms with Crippen LogP contribution in [0.4, 0.5) is 4.79 Å². The Morgan fingerprint density at radius 1 is 1.15 bits per heavy atom. The van der Waals surface area contributed by atoms with Gasteiger partial charge in [-0.2, -0.15) is 0 Å². The predicted molar refractivity (Wildman–Crippen MR) is 96.5 cm³/mol. The second kappa shape index (κ2) is 9.47. The average molecular weight is 397 g/mol. The van der Waals surface area contributed by atoms with Gasteiger partial charge in [0.05, 0.1) is 10.5 Å². The van der Waals surface area contributed by atoms with Crippen LogP contribution < -0.4 is 15.4 Å². The Balaban J connectivity index is 1.83. The van der Waals surface area contributed by atoms with Gasteiger partial charge >= 0.3 is 12.0 Å². The van der Waals surface area contributed by atoms with Crippen LogP contribution in [0, 0.1) is 0 Å². The third-order valence-electron chi connectivity index (χ3n) is 4.18. The van der Waals surface area contributed by atoms with Gasteiger partial charge in [-0.1, -0.05) is 25.3 Å². The third kappa shape index (κ3) is 6.33. The van der Waals surface area contributed by atoms with Crippen molar-refractivity contribution in [1.82, 2.24) is 15.4 Å². The maximum atomic E-state index is 12.0. The van der Waals surface area contributed by atoms with Crippen molar-refractivity contribution < 1.29 is 27.5 Å². The van der Waals surface area contributed by atoms with Crippen LogP contribution in [-0.4, -0.2) is 46.0 Å². The molecule has 0 atom stereocenters. The van der Waals surface area contributed by atoms with E-state index in [2.05, 4.69) is 15.4 Å². The van der Waals surface area contributed by atoms with E-state index in [1.807, 2.05) is 0 Å². The van der Waals surface area contributed by atoms with E-state index in [4.69, 9.17) is 4.74 Å². The molecule has 0 unspecified atom stereocenters. The molecule has 9 nitrogen and oxygen atoms in total. The molecule has 0 aromatic heterocycles. The number of imide groups is 1.